The molecule has 0 fully saturated rings. The second-order valence-electron chi connectivity index (χ2n) is 6.33. The molecule has 0 radical (unpaired) electrons. The first kappa shape index (κ1) is 21.4. The Balaban J connectivity index is 2.03. The number of benzene rings is 2. The van der Waals surface area contributed by atoms with Gasteiger partial charge in [0.1, 0.15) is 12.6 Å². The second kappa shape index (κ2) is 11.1. The molecule has 0 bridgehead atoms. The van der Waals surface area contributed by atoms with Crippen LogP contribution in [0.4, 0.5) is 4.79 Å². The summed E-state index contributed by atoms with van der Waals surface area (Å²) in [7, 11) is 0. The number of nitrogens with zero attached hydrogens (tertiary/aromatic N) is 2. The average molecular weight is 394 g/mol. The van der Waals surface area contributed by atoms with Gasteiger partial charge >= 0.3 is 12.3 Å². The molecule has 0 saturated carbocycles. The van der Waals surface area contributed by atoms with Crippen LogP contribution in [0.5, 0.6) is 0 Å². The standard InChI is InChI=1S/C21H22N4O4/c1-15(19(26)13-23-22)24-20(27)18(12-16-8-4-2-5-9-16)25-21(28)29-14-17-10-6-3-7-11-17/h2-11,13,15,18H,12,14H2,1H3,(H2-,24,25,26,27,28)/t15-,18-/m0/s1. The molecular formula is C21H22N4O4. The Morgan fingerprint density at radius 1 is 1.07 bits per heavy atom. The van der Waals surface area contributed by atoms with E-state index < -0.39 is 29.8 Å². The van der Waals surface area contributed by atoms with Crippen molar-refractivity contribution < 1.29 is 19.4 Å². The van der Waals surface area contributed by atoms with Crippen molar-refractivity contribution in [2.45, 2.75) is 32.0 Å². The van der Waals surface area contributed by atoms with Gasteiger partial charge in [-0.25, -0.2) is 4.79 Å². The van der Waals surface area contributed by atoms with Crippen molar-refractivity contribution in [3.8, 4) is 0 Å². The Morgan fingerprint density at radius 3 is 2.24 bits per heavy atom. The first-order valence-electron chi connectivity index (χ1n) is 9.02. The third-order valence-corrected chi connectivity index (χ3v) is 4.07. The van der Waals surface area contributed by atoms with Crippen molar-refractivity contribution in [3.05, 3.63) is 88.7 Å². The topological polar surface area (TPSA) is 119 Å². The maximum Gasteiger partial charge on any atom is 0.408 e. The quantitative estimate of drug-likeness (QED) is 0.525. The fourth-order valence-electron chi connectivity index (χ4n) is 2.52. The summed E-state index contributed by atoms with van der Waals surface area (Å²) in [6, 6.07) is 16.4. The fraction of sp³-hybridized carbons (Fsp3) is 0.238. The summed E-state index contributed by atoms with van der Waals surface area (Å²) in [5, 5.41) is 25.2. The van der Waals surface area contributed by atoms with Gasteiger partial charge in [-0.1, -0.05) is 60.7 Å². The lowest BCUT2D eigenvalue weighted by Gasteiger charge is -2.23. The summed E-state index contributed by atoms with van der Waals surface area (Å²) in [4.78, 5) is 27.5. The van der Waals surface area contributed by atoms with E-state index in [1.807, 2.05) is 60.7 Å². The van der Waals surface area contributed by atoms with Crippen LogP contribution in [0, 0.1) is 5.39 Å². The molecule has 0 aromatic heterocycles. The van der Waals surface area contributed by atoms with Crippen LogP contribution in [0.25, 0.3) is 4.98 Å². The predicted octanol–water partition coefficient (Wildman–Crippen LogP) is 2.08. The van der Waals surface area contributed by atoms with E-state index >= 15 is 0 Å². The van der Waals surface area contributed by atoms with Gasteiger partial charge in [0.05, 0.1) is 0 Å². The van der Waals surface area contributed by atoms with Crippen LogP contribution in [-0.4, -0.2) is 24.1 Å². The van der Waals surface area contributed by atoms with Gasteiger partial charge in [0.25, 0.3) is 0 Å². The molecule has 0 unspecified atom stereocenters. The Hall–Kier alpha value is -3.86. The van der Waals surface area contributed by atoms with E-state index in [-0.39, 0.29) is 13.0 Å². The lowest BCUT2D eigenvalue weighted by molar-refractivity contribution is -0.309. The average Bonchev–Trinajstić information content (AvgIpc) is 2.73. The van der Waals surface area contributed by atoms with Crippen molar-refractivity contribution >= 4 is 12.0 Å². The Kier molecular flexibility index (Phi) is 8.20. The number of rotatable bonds is 8. The molecule has 8 heteroatoms. The highest BCUT2D eigenvalue weighted by Crippen LogP contribution is 2.06. The Morgan fingerprint density at radius 2 is 1.66 bits per heavy atom. The van der Waals surface area contributed by atoms with Gasteiger partial charge in [-0.2, -0.15) is 0 Å². The van der Waals surface area contributed by atoms with Crippen LogP contribution in [0.2, 0.25) is 0 Å². The van der Waals surface area contributed by atoms with Gasteiger partial charge in [-0.15, -0.1) is 0 Å². The highest BCUT2D eigenvalue weighted by molar-refractivity contribution is 5.86. The predicted molar refractivity (Wildman–Crippen MR) is 104 cm³/mol. The summed E-state index contributed by atoms with van der Waals surface area (Å²) in [5.74, 6) is -1.14. The van der Waals surface area contributed by atoms with E-state index in [9.17, 15) is 14.7 Å². The van der Waals surface area contributed by atoms with E-state index in [1.165, 1.54) is 6.92 Å². The lowest BCUT2D eigenvalue weighted by Crippen LogP contribution is -2.51. The lowest BCUT2D eigenvalue weighted by atomic mass is 10.0. The van der Waals surface area contributed by atoms with Crippen LogP contribution >= 0.6 is 0 Å². The number of amides is 2. The highest BCUT2D eigenvalue weighted by atomic mass is 16.5. The number of hydrogen-bond acceptors (Lipinski definition) is 5. The molecule has 150 valence electrons. The summed E-state index contributed by atoms with van der Waals surface area (Å²) < 4.78 is 5.19. The normalized spacial score (nSPS) is 12.9. The largest absolute Gasteiger partial charge is 0.869 e. The molecule has 0 saturated heterocycles. The Bertz CT molecular complexity index is 879. The molecular weight excluding hydrogens is 372 g/mol. The zero-order chi connectivity index (χ0) is 21.1. The summed E-state index contributed by atoms with van der Waals surface area (Å²) in [6.07, 6.45) is 0.168. The number of ether oxygens (including phenoxy) is 1. The molecule has 2 aromatic rings. The molecule has 29 heavy (non-hydrogen) atoms. The zero-order valence-corrected chi connectivity index (χ0v) is 15.9. The minimum absolute atomic E-state index is 0.0637. The van der Waals surface area contributed by atoms with Gasteiger partial charge in [0, 0.05) is 12.5 Å². The number of alkyl carbamates (subject to hydrolysis) is 1. The maximum atomic E-state index is 12.6. The number of carbonyl (C=O) groups excluding carboxylic acids is 2. The maximum absolute atomic E-state index is 12.6. The van der Waals surface area contributed by atoms with Crippen molar-refractivity contribution in [1.82, 2.24) is 10.6 Å². The van der Waals surface area contributed by atoms with Gasteiger partial charge in [-0.3, -0.25) is 4.79 Å². The monoisotopic (exact) mass is 394 g/mol. The van der Waals surface area contributed by atoms with Crippen LogP contribution in [0.3, 0.4) is 0 Å². The molecule has 2 N–H and O–H groups in total. The van der Waals surface area contributed by atoms with E-state index in [4.69, 9.17) is 10.1 Å². The second-order valence-corrected chi connectivity index (χ2v) is 6.33. The zero-order valence-electron chi connectivity index (χ0n) is 15.9. The van der Waals surface area contributed by atoms with E-state index in [2.05, 4.69) is 15.6 Å². The fourth-order valence-corrected chi connectivity index (χ4v) is 2.52. The molecule has 2 rings (SSSR count). The number of nitrogens with one attached hydrogen (secondary N) is 2. The molecule has 2 aromatic carbocycles. The van der Waals surface area contributed by atoms with E-state index in [0.717, 1.165) is 11.1 Å². The molecule has 8 nitrogen and oxygen atoms in total. The van der Waals surface area contributed by atoms with Crippen LogP contribution in [0.15, 0.2) is 72.6 Å². The van der Waals surface area contributed by atoms with E-state index in [0.29, 0.717) is 6.20 Å². The van der Waals surface area contributed by atoms with Crippen LogP contribution < -0.4 is 15.7 Å². The molecule has 0 aliphatic carbocycles. The molecule has 2 atom stereocenters. The summed E-state index contributed by atoms with van der Waals surface area (Å²) in [5.41, 5.74) is 1.64. The molecule has 2 amide bonds. The van der Waals surface area contributed by atoms with Crippen molar-refractivity contribution in [2.24, 2.45) is 0 Å². The smallest absolute Gasteiger partial charge is 0.408 e. The third-order valence-electron chi connectivity index (χ3n) is 4.07. The summed E-state index contributed by atoms with van der Waals surface area (Å²) in [6.45, 7) is 1.52. The third kappa shape index (κ3) is 7.34. The first-order valence-corrected chi connectivity index (χ1v) is 9.02. The molecule has 0 aliphatic heterocycles. The Labute approximate surface area is 168 Å². The van der Waals surface area contributed by atoms with Gasteiger partial charge in [0.15, 0.2) is 4.98 Å². The highest BCUT2D eigenvalue weighted by Gasteiger charge is 2.23. The molecule has 0 spiro atoms. The van der Waals surface area contributed by atoms with Crippen LogP contribution in [-0.2, 0) is 22.6 Å². The molecule has 0 heterocycles. The number of diazo groups is 1. The van der Waals surface area contributed by atoms with Gasteiger partial charge in [-0.05, 0) is 23.8 Å². The van der Waals surface area contributed by atoms with Crippen molar-refractivity contribution in [1.29, 1.82) is 5.39 Å². The van der Waals surface area contributed by atoms with Crippen LogP contribution in [0.1, 0.15) is 18.1 Å². The van der Waals surface area contributed by atoms with Crippen molar-refractivity contribution in [3.63, 3.8) is 0 Å². The first-order chi connectivity index (χ1) is 14.0. The summed E-state index contributed by atoms with van der Waals surface area (Å²) >= 11 is 0. The molecule has 0 aliphatic rings. The van der Waals surface area contributed by atoms with Gasteiger partial charge < -0.3 is 20.5 Å². The minimum atomic E-state index is -0.956. The number of carbonyl (C=O) groups is 2. The van der Waals surface area contributed by atoms with Crippen molar-refractivity contribution in [2.75, 3.05) is 0 Å². The minimum Gasteiger partial charge on any atom is -0.869 e. The van der Waals surface area contributed by atoms with Gasteiger partial charge in [0.2, 0.25) is 11.3 Å². The number of hydrogen-bond donors (Lipinski definition) is 2. The SMILES string of the molecule is C[C@H](NC(=O)[C@H](Cc1ccccc1)NC(=O)OCc1ccccc1)C([O-])=C[N+]#N. The van der Waals surface area contributed by atoms with E-state index in [1.54, 1.807) is 0 Å².